The van der Waals surface area contributed by atoms with Crippen LogP contribution in [0.2, 0.25) is 0 Å². The molecule has 2 aromatic heterocycles. The second kappa shape index (κ2) is 10.0. The minimum absolute atomic E-state index is 0.0248. The summed E-state index contributed by atoms with van der Waals surface area (Å²) in [6.07, 6.45) is -3.03. The van der Waals surface area contributed by atoms with E-state index in [-0.39, 0.29) is 33.7 Å². The first kappa shape index (κ1) is 27.3. The molecular formula is C21H24F3N6O4PS. The van der Waals surface area contributed by atoms with Gasteiger partial charge in [0.15, 0.2) is 15.7 Å². The lowest BCUT2D eigenvalue weighted by Crippen LogP contribution is -2.17. The van der Waals surface area contributed by atoms with E-state index < -0.39 is 39.8 Å². The van der Waals surface area contributed by atoms with E-state index in [9.17, 15) is 26.2 Å². The Balaban J connectivity index is 2.07. The van der Waals surface area contributed by atoms with Crippen molar-refractivity contribution in [3.63, 3.8) is 0 Å². The van der Waals surface area contributed by atoms with Crippen LogP contribution in [0.25, 0.3) is 0 Å². The number of nitrogens with one attached hydrogen (secondary N) is 2. The molecule has 10 nitrogen and oxygen atoms in total. The normalized spacial score (nSPS) is 12.5. The van der Waals surface area contributed by atoms with Crippen LogP contribution in [-0.2, 0) is 20.6 Å². The predicted molar refractivity (Wildman–Crippen MR) is 130 cm³/mol. The average Bonchev–Trinajstić information content (AvgIpc) is 2.78. The fourth-order valence-electron chi connectivity index (χ4n) is 2.90. The van der Waals surface area contributed by atoms with Crippen molar-refractivity contribution in [1.82, 2.24) is 19.9 Å². The number of benzene rings is 1. The van der Waals surface area contributed by atoms with Crippen molar-refractivity contribution in [1.29, 1.82) is 0 Å². The summed E-state index contributed by atoms with van der Waals surface area (Å²) >= 11 is 0. The van der Waals surface area contributed by atoms with E-state index in [0.717, 1.165) is 0 Å². The average molecular weight is 544 g/mol. The molecule has 0 radical (unpaired) electrons. The van der Waals surface area contributed by atoms with E-state index >= 15 is 0 Å². The highest BCUT2D eigenvalue weighted by Gasteiger charge is 2.36. The number of hydrogen-bond donors (Lipinski definition) is 2. The largest absolute Gasteiger partial charge is 0.478 e. The van der Waals surface area contributed by atoms with Crippen molar-refractivity contribution in [3.8, 4) is 5.88 Å². The zero-order valence-corrected chi connectivity index (χ0v) is 21.7. The molecule has 3 aromatic rings. The summed E-state index contributed by atoms with van der Waals surface area (Å²) in [6.45, 7) is 5.93. The summed E-state index contributed by atoms with van der Waals surface area (Å²) in [7, 11) is -5.28. The Morgan fingerprint density at radius 2 is 1.67 bits per heavy atom. The molecule has 0 spiro atoms. The monoisotopic (exact) mass is 544 g/mol. The van der Waals surface area contributed by atoms with Gasteiger partial charge in [0.05, 0.1) is 29.1 Å². The number of ether oxygens (including phenoxy) is 1. The Morgan fingerprint density at radius 1 is 1.00 bits per heavy atom. The van der Waals surface area contributed by atoms with Gasteiger partial charge >= 0.3 is 6.18 Å². The molecule has 0 aliphatic rings. The number of sulfone groups is 1. The molecule has 0 aliphatic carbocycles. The first-order valence-electron chi connectivity index (χ1n) is 10.4. The third-order valence-corrected chi connectivity index (χ3v) is 8.39. The topological polar surface area (TPSA) is 136 Å². The third-order valence-electron chi connectivity index (χ3n) is 4.86. The Hall–Kier alpha value is -3.25. The van der Waals surface area contributed by atoms with Crippen molar-refractivity contribution in [2.75, 3.05) is 31.1 Å². The van der Waals surface area contributed by atoms with Crippen LogP contribution in [0, 0.1) is 0 Å². The Morgan fingerprint density at radius 3 is 2.25 bits per heavy atom. The summed E-state index contributed by atoms with van der Waals surface area (Å²) in [5.41, 5.74) is -1.09. The number of halogens is 3. The van der Waals surface area contributed by atoms with Gasteiger partial charge in [0, 0.05) is 6.20 Å². The number of anilines is 4. The van der Waals surface area contributed by atoms with E-state index in [2.05, 4.69) is 30.6 Å². The number of nitrogens with zero attached hydrogens (tertiary/aromatic N) is 4. The van der Waals surface area contributed by atoms with E-state index in [1.165, 1.54) is 64.7 Å². The van der Waals surface area contributed by atoms with Crippen LogP contribution in [-0.4, -0.2) is 54.0 Å². The van der Waals surface area contributed by atoms with Gasteiger partial charge in [-0.05, 0) is 39.3 Å². The predicted octanol–water partition coefficient (Wildman–Crippen LogP) is 4.21. The fraction of sp³-hybridized carbons (Fsp3) is 0.333. The van der Waals surface area contributed by atoms with Gasteiger partial charge in [-0.25, -0.2) is 23.4 Å². The molecule has 0 atom stereocenters. The van der Waals surface area contributed by atoms with Gasteiger partial charge < -0.3 is 19.9 Å². The SMILES string of the molecule is COc1nc(P(C)(C)=O)cnc1Nc1ncc(C(F)(F)F)c(Nc2ccccc2S(=O)(=O)C(C)C)n1. The van der Waals surface area contributed by atoms with Gasteiger partial charge in [0.25, 0.3) is 5.88 Å². The van der Waals surface area contributed by atoms with Crippen LogP contribution in [0.3, 0.4) is 0 Å². The van der Waals surface area contributed by atoms with Crippen molar-refractivity contribution in [2.45, 2.75) is 30.2 Å². The summed E-state index contributed by atoms with van der Waals surface area (Å²) in [5, 5.41) is 4.33. The number of alkyl halides is 3. The standard InChI is InChI=1S/C21H24F3N6O4PS/c1-12(2)36(32,33)15-9-7-6-8-14(15)27-17-13(21(22,23)24)10-26-20(29-17)30-18-19(34-3)28-16(11-25-18)35(4,5)31/h6-12H,1-5H3,(H2,25,26,27,29,30). The molecular weight excluding hydrogens is 520 g/mol. The van der Waals surface area contributed by atoms with Crippen molar-refractivity contribution in [3.05, 3.63) is 42.2 Å². The van der Waals surface area contributed by atoms with Gasteiger partial charge in [-0.2, -0.15) is 18.2 Å². The van der Waals surface area contributed by atoms with Gasteiger partial charge in [0.2, 0.25) is 5.95 Å². The molecule has 36 heavy (non-hydrogen) atoms. The van der Waals surface area contributed by atoms with E-state index in [1.54, 1.807) is 0 Å². The van der Waals surface area contributed by atoms with Crippen LogP contribution in [0.1, 0.15) is 19.4 Å². The fourth-order valence-corrected chi connectivity index (χ4v) is 4.77. The lowest BCUT2D eigenvalue weighted by molar-refractivity contribution is -0.137. The molecule has 0 unspecified atom stereocenters. The molecule has 0 aliphatic heterocycles. The molecule has 0 fully saturated rings. The summed E-state index contributed by atoms with van der Waals surface area (Å²) < 4.78 is 84.1. The Kier molecular flexibility index (Phi) is 7.61. The van der Waals surface area contributed by atoms with Crippen LogP contribution in [0.5, 0.6) is 5.88 Å². The maximum atomic E-state index is 13.7. The minimum atomic E-state index is -4.84. The second-order valence-electron chi connectivity index (χ2n) is 8.23. The number of hydrogen-bond acceptors (Lipinski definition) is 10. The molecule has 0 saturated carbocycles. The van der Waals surface area contributed by atoms with Crippen LogP contribution in [0.15, 0.2) is 41.6 Å². The van der Waals surface area contributed by atoms with Crippen molar-refractivity contribution in [2.24, 2.45) is 0 Å². The summed E-state index contributed by atoms with van der Waals surface area (Å²) in [5.74, 6) is -1.07. The van der Waals surface area contributed by atoms with E-state index in [4.69, 9.17) is 4.74 Å². The zero-order valence-electron chi connectivity index (χ0n) is 20.0. The van der Waals surface area contributed by atoms with Crippen LogP contribution < -0.4 is 20.8 Å². The maximum absolute atomic E-state index is 13.7. The number of para-hydroxylation sites is 1. The molecule has 1 aromatic carbocycles. The van der Waals surface area contributed by atoms with Gasteiger partial charge in [-0.1, -0.05) is 12.1 Å². The first-order chi connectivity index (χ1) is 16.6. The highest BCUT2D eigenvalue weighted by molar-refractivity contribution is 7.92. The first-order valence-corrected chi connectivity index (χ1v) is 14.6. The molecule has 15 heteroatoms. The Labute approximate surface area is 206 Å². The van der Waals surface area contributed by atoms with Gasteiger partial charge in [-0.3, -0.25) is 0 Å². The summed E-state index contributed by atoms with van der Waals surface area (Å²) in [4.78, 5) is 15.7. The quantitative estimate of drug-likeness (QED) is 0.397. The lowest BCUT2D eigenvalue weighted by Gasteiger charge is -2.18. The van der Waals surface area contributed by atoms with Crippen LogP contribution in [0.4, 0.5) is 36.4 Å². The molecule has 0 saturated heterocycles. The molecule has 2 heterocycles. The highest BCUT2D eigenvalue weighted by Crippen LogP contribution is 2.38. The molecule has 3 rings (SSSR count). The molecule has 0 bridgehead atoms. The zero-order chi connectivity index (χ0) is 26.9. The maximum Gasteiger partial charge on any atom is 0.421 e. The van der Waals surface area contributed by atoms with Crippen molar-refractivity contribution < 1.29 is 30.9 Å². The van der Waals surface area contributed by atoms with Crippen LogP contribution >= 0.6 is 7.14 Å². The third kappa shape index (κ3) is 5.93. The van der Waals surface area contributed by atoms with Crippen molar-refractivity contribution >= 4 is 45.7 Å². The van der Waals surface area contributed by atoms with Gasteiger partial charge in [0.1, 0.15) is 24.0 Å². The number of rotatable bonds is 8. The smallest absolute Gasteiger partial charge is 0.421 e. The summed E-state index contributed by atoms with van der Waals surface area (Å²) in [6, 6.07) is 5.59. The minimum Gasteiger partial charge on any atom is -0.478 e. The Bertz CT molecular complexity index is 1430. The number of methoxy groups -OCH3 is 1. The molecule has 2 N–H and O–H groups in total. The second-order valence-corrected chi connectivity index (χ2v) is 13.9. The number of aromatic nitrogens is 4. The van der Waals surface area contributed by atoms with Gasteiger partial charge in [-0.15, -0.1) is 0 Å². The molecule has 194 valence electrons. The lowest BCUT2D eigenvalue weighted by atomic mass is 10.2. The van der Waals surface area contributed by atoms with E-state index in [0.29, 0.717) is 6.20 Å². The van der Waals surface area contributed by atoms with E-state index in [1.807, 2.05) is 0 Å². The molecule has 0 amide bonds. The highest BCUT2D eigenvalue weighted by atomic mass is 32.2.